The van der Waals surface area contributed by atoms with Crippen molar-refractivity contribution in [2.24, 2.45) is 4.99 Å². The molecule has 0 aliphatic rings. The number of sulfonamides is 1. The summed E-state index contributed by atoms with van der Waals surface area (Å²) in [7, 11) is -3.26. The van der Waals surface area contributed by atoms with Crippen LogP contribution in [-0.4, -0.2) is 69.8 Å². The molecule has 0 saturated carbocycles. The van der Waals surface area contributed by atoms with Crippen molar-refractivity contribution in [1.29, 1.82) is 0 Å². The number of hydrogen-bond acceptors (Lipinski definition) is 4. The second-order valence-electron chi connectivity index (χ2n) is 7.17. The third-order valence-electron chi connectivity index (χ3n) is 3.83. The number of rotatable bonds is 12. The predicted molar refractivity (Wildman–Crippen MR) is 123 cm³/mol. The zero-order valence-corrected chi connectivity index (χ0v) is 20.7. The van der Waals surface area contributed by atoms with Crippen molar-refractivity contribution in [3.05, 3.63) is 0 Å². The average Bonchev–Trinajstić information content (AvgIpc) is 2.47. The van der Waals surface area contributed by atoms with E-state index in [0.717, 1.165) is 45.0 Å². The molecule has 0 radical (unpaired) electrons. The Bertz CT molecular complexity index is 493. The molecule has 0 heterocycles. The molecule has 0 rings (SSSR count). The number of guanidine groups is 1. The molecule has 0 spiro atoms. The highest BCUT2D eigenvalue weighted by molar-refractivity contribution is 14.0. The number of halogens is 1. The van der Waals surface area contributed by atoms with E-state index in [1.54, 1.807) is 0 Å². The van der Waals surface area contributed by atoms with Gasteiger partial charge in [0, 0.05) is 18.1 Å². The van der Waals surface area contributed by atoms with Crippen LogP contribution in [0.4, 0.5) is 0 Å². The lowest BCUT2D eigenvalue weighted by Crippen LogP contribution is -2.47. The van der Waals surface area contributed by atoms with Crippen molar-refractivity contribution in [2.45, 2.75) is 66.0 Å². The van der Waals surface area contributed by atoms with Crippen LogP contribution in [-0.2, 0) is 10.0 Å². The topological polar surface area (TPSA) is 85.8 Å². The van der Waals surface area contributed by atoms with E-state index in [1.807, 2.05) is 20.8 Å². The molecule has 0 aliphatic heterocycles. The van der Waals surface area contributed by atoms with E-state index in [2.05, 4.69) is 46.0 Å². The Morgan fingerprint density at radius 2 is 1.77 bits per heavy atom. The van der Waals surface area contributed by atoms with E-state index < -0.39 is 15.6 Å². The fourth-order valence-corrected chi connectivity index (χ4v) is 3.67. The Labute approximate surface area is 178 Å². The number of hydrogen-bond donors (Lipinski definition) is 3. The molecule has 0 amide bonds. The van der Waals surface area contributed by atoms with Gasteiger partial charge in [-0.15, -0.1) is 24.0 Å². The van der Waals surface area contributed by atoms with Crippen LogP contribution in [0.5, 0.6) is 0 Å². The maximum Gasteiger partial charge on any atom is 0.209 e. The van der Waals surface area contributed by atoms with Crippen LogP contribution < -0.4 is 15.4 Å². The summed E-state index contributed by atoms with van der Waals surface area (Å²) >= 11 is 0. The zero-order valence-electron chi connectivity index (χ0n) is 17.6. The fraction of sp³-hybridized carbons (Fsp3) is 0.941. The summed E-state index contributed by atoms with van der Waals surface area (Å²) in [5.74, 6) is 0.723. The van der Waals surface area contributed by atoms with Crippen LogP contribution in [0.2, 0.25) is 0 Å². The van der Waals surface area contributed by atoms with Gasteiger partial charge in [-0.2, -0.15) is 0 Å². The first kappa shape index (κ1) is 28.1. The van der Waals surface area contributed by atoms with Crippen molar-refractivity contribution >= 4 is 40.0 Å². The van der Waals surface area contributed by atoms with E-state index in [4.69, 9.17) is 0 Å². The Balaban J connectivity index is 0. The molecule has 158 valence electrons. The first-order valence-corrected chi connectivity index (χ1v) is 11.2. The number of aliphatic imine (C=N–C) groups is 1. The van der Waals surface area contributed by atoms with Gasteiger partial charge in [0.15, 0.2) is 5.96 Å². The largest absolute Gasteiger partial charge is 0.357 e. The molecule has 0 fully saturated rings. The zero-order chi connectivity index (χ0) is 19.5. The minimum atomic E-state index is -3.26. The van der Waals surface area contributed by atoms with Crippen molar-refractivity contribution in [3.63, 3.8) is 0 Å². The number of nitrogens with one attached hydrogen (secondary N) is 3. The maximum atomic E-state index is 11.4. The molecular formula is C17H40IN5O2S. The summed E-state index contributed by atoms with van der Waals surface area (Å²) in [4.78, 5) is 6.96. The molecule has 0 aromatic heterocycles. The molecule has 0 bridgehead atoms. The monoisotopic (exact) mass is 505 g/mol. The van der Waals surface area contributed by atoms with Crippen molar-refractivity contribution in [3.8, 4) is 0 Å². The van der Waals surface area contributed by atoms with Crippen molar-refractivity contribution in [2.75, 3.05) is 39.0 Å². The molecule has 1 atom stereocenters. The third kappa shape index (κ3) is 15.0. The fourth-order valence-electron chi connectivity index (χ4n) is 2.60. The molecule has 7 nitrogen and oxygen atoms in total. The van der Waals surface area contributed by atoms with Gasteiger partial charge in [0.2, 0.25) is 10.0 Å². The Hall–Kier alpha value is -0.130. The van der Waals surface area contributed by atoms with Crippen LogP contribution in [0, 0.1) is 0 Å². The molecule has 3 N–H and O–H groups in total. The number of nitrogens with zero attached hydrogens (tertiary/aromatic N) is 2. The summed E-state index contributed by atoms with van der Waals surface area (Å²) in [5.41, 5.74) is -0.623. The van der Waals surface area contributed by atoms with Gasteiger partial charge >= 0.3 is 0 Å². The van der Waals surface area contributed by atoms with Gasteiger partial charge < -0.3 is 15.5 Å². The van der Waals surface area contributed by atoms with Crippen LogP contribution in [0.1, 0.15) is 54.4 Å². The second kappa shape index (κ2) is 14.0. The minimum Gasteiger partial charge on any atom is -0.357 e. The molecule has 26 heavy (non-hydrogen) atoms. The average molecular weight is 506 g/mol. The van der Waals surface area contributed by atoms with Crippen molar-refractivity contribution < 1.29 is 8.42 Å². The highest BCUT2D eigenvalue weighted by Crippen LogP contribution is 2.05. The standard InChI is InChI=1S/C17H39N5O2S.HI/c1-8-18-16(19-14-17(5,6)21-25(7,23)24)20-15(4)12-11-13-22(9-2)10-3;/h15,21H,8-14H2,1-7H3,(H2,18,19,20);1H. The summed E-state index contributed by atoms with van der Waals surface area (Å²) in [6.07, 6.45) is 3.36. The van der Waals surface area contributed by atoms with Crippen LogP contribution in [0.3, 0.4) is 0 Å². The minimum absolute atomic E-state index is 0. The van der Waals surface area contributed by atoms with E-state index in [0.29, 0.717) is 12.6 Å². The van der Waals surface area contributed by atoms with Gasteiger partial charge in [0.25, 0.3) is 0 Å². The summed E-state index contributed by atoms with van der Waals surface area (Å²) < 4.78 is 25.5. The van der Waals surface area contributed by atoms with Gasteiger partial charge in [0.05, 0.1) is 12.8 Å². The molecule has 1 unspecified atom stereocenters. The van der Waals surface area contributed by atoms with Gasteiger partial charge in [-0.1, -0.05) is 13.8 Å². The van der Waals surface area contributed by atoms with Gasteiger partial charge in [0.1, 0.15) is 0 Å². The van der Waals surface area contributed by atoms with Crippen LogP contribution in [0.15, 0.2) is 4.99 Å². The molecule has 0 aliphatic carbocycles. The Kier molecular flexibility index (Phi) is 15.1. The third-order valence-corrected chi connectivity index (χ3v) is 4.75. The molecule has 9 heteroatoms. The van der Waals surface area contributed by atoms with Gasteiger partial charge in [-0.25, -0.2) is 13.1 Å². The lowest BCUT2D eigenvalue weighted by Gasteiger charge is -2.24. The Morgan fingerprint density at radius 1 is 1.19 bits per heavy atom. The molecule has 0 saturated heterocycles. The second-order valence-corrected chi connectivity index (χ2v) is 8.92. The maximum absolute atomic E-state index is 11.4. The van der Waals surface area contributed by atoms with Crippen LogP contribution in [0.25, 0.3) is 0 Å². The first-order chi connectivity index (χ1) is 11.5. The molecule has 0 aromatic carbocycles. The van der Waals surface area contributed by atoms with Crippen LogP contribution >= 0.6 is 24.0 Å². The summed E-state index contributed by atoms with van der Waals surface area (Å²) in [6, 6.07) is 0.305. The first-order valence-electron chi connectivity index (χ1n) is 9.29. The lowest BCUT2D eigenvalue weighted by molar-refractivity contribution is 0.292. The quantitative estimate of drug-likeness (QED) is 0.215. The Morgan fingerprint density at radius 3 is 2.23 bits per heavy atom. The summed E-state index contributed by atoms with van der Waals surface area (Å²) in [5, 5.41) is 6.63. The SMILES string of the molecule is CCNC(=NCC(C)(C)NS(C)(=O)=O)NC(C)CCCN(CC)CC.I. The smallest absolute Gasteiger partial charge is 0.209 e. The predicted octanol–water partition coefficient (Wildman–Crippen LogP) is 2.00. The normalized spacial score (nSPS) is 14.1. The molecular weight excluding hydrogens is 465 g/mol. The van der Waals surface area contributed by atoms with E-state index in [-0.39, 0.29) is 24.0 Å². The van der Waals surface area contributed by atoms with Crippen molar-refractivity contribution in [1.82, 2.24) is 20.3 Å². The molecule has 0 aromatic rings. The van der Waals surface area contributed by atoms with E-state index >= 15 is 0 Å². The van der Waals surface area contributed by atoms with Gasteiger partial charge in [-0.05, 0) is 60.2 Å². The lowest BCUT2D eigenvalue weighted by atomic mass is 10.1. The summed E-state index contributed by atoms with van der Waals surface area (Å²) in [6.45, 7) is 16.6. The highest BCUT2D eigenvalue weighted by atomic mass is 127. The highest BCUT2D eigenvalue weighted by Gasteiger charge is 2.22. The van der Waals surface area contributed by atoms with E-state index in [1.165, 1.54) is 6.26 Å². The van der Waals surface area contributed by atoms with Gasteiger partial charge in [-0.3, -0.25) is 4.99 Å². The van der Waals surface area contributed by atoms with E-state index in [9.17, 15) is 8.42 Å².